The number of thioether (sulfide) groups is 1. The van der Waals surface area contributed by atoms with Gasteiger partial charge in [0.25, 0.3) is 0 Å². The second kappa shape index (κ2) is 7.35. The third-order valence-electron chi connectivity index (χ3n) is 3.48. The van der Waals surface area contributed by atoms with Crippen molar-refractivity contribution in [3.63, 3.8) is 0 Å². The lowest BCUT2D eigenvalue weighted by Crippen LogP contribution is -2.41. The number of hydrogen-bond donors (Lipinski definition) is 3. The summed E-state index contributed by atoms with van der Waals surface area (Å²) in [6.45, 7) is -0.221. The first-order chi connectivity index (χ1) is 10.1. The smallest absolute Gasteiger partial charge is 0.325 e. The van der Waals surface area contributed by atoms with E-state index in [2.05, 4.69) is 22.0 Å². The second-order valence-corrected chi connectivity index (χ2v) is 6.28. The predicted octanol–water partition coefficient (Wildman–Crippen LogP) is 1.76. The number of aliphatic carboxylic acids is 1. The van der Waals surface area contributed by atoms with Gasteiger partial charge in [0, 0.05) is 17.5 Å². The highest BCUT2D eigenvalue weighted by atomic mass is 32.2. The van der Waals surface area contributed by atoms with Crippen molar-refractivity contribution in [1.29, 1.82) is 0 Å². The lowest BCUT2D eigenvalue weighted by atomic mass is 9.95. The minimum Gasteiger partial charge on any atom is -0.480 e. The molecule has 1 heterocycles. The Balaban J connectivity index is 1.81. The summed E-state index contributed by atoms with van der Waals surface area (Å²) in [6, 6.07) is -0.0677. The summed E-state index contributed by atoms with van der Waals surface area (Å²) in [6.07, 6.45) is 9.38. The molecule has 1 aromatic rings. The summed E-state index contributed by atoms with van der Waals surface area (Å²) in [4.78, 5) is 22.5. The molecular weight excluding hydrogens is 292 g/mol. The monoisotopic (exact) mass is 312 g/mol. The molecule has 0 saturated heterocycles. The zero-order valence-corrected chi connectivity index (χ0v) is 12.7. The topological polar surface area (TPSA) is 96.3 Å². The molecule has 0 aromatic carbocycles. The van der Waals surface area contributed by atoms with Gasteiger partial charge in [0.15, 0.2) is 0 Å². The fraction of sp³-hybridized carbons (Fsp3) is 0.615. The number of carbonyl (C=O) groups is 2. The van der Waals surface area contributed by atoms with Crippen LogP contribution >= 0.6 is 11.8 Å². The maximum Gasteiger partial charge on any atom is 0.325 e. The van der Waals surface area contributed by atoms with Gasteiger partial charge in [0.05, 0.1) is 11.9 Å². The number of nitrogens with zero attached hydrogens (tertiary/aromatic N) is 2. The maximum absolute atomic E-state index is 11.9. The minimum absolute atomic E-state index is 0.199. The SMILES string of the molecule is CSC1CCCC(NC(=O)Nc2cnn(CC(=O)O)c2)C1. The molecule has 1 saturated carbocycles. The number of aromatic nitrogens is 2. The zero-order chi connectivity index (χ0) is 15.2. The van der Waals surface area contributed by atoms with Crippen LogP contribution in [0.2, 0.25) is 0 Å². The zero-order valence-electron chi connectivity index (χ0n) is 11.9. The number of nitrogens with one attached hydrogen (secondary N) is 2. The number of rotatable bonds is 5. The van der Waals surface area contributed by atoms with Crippen LogP contribution < -0.4 is 10.6 Å². The standard InChI is InChI=1S/C13H20N4O3S/c1-21-11-4-2-3-9(5-11)15-13(20)16-10-6-14-17(7-10)8-12(18)19/h6-7,9,11H,2-5,8H2,1H3,(H,18,19)(H2,15,16,20). The van der Waals surface area contributed by atoms with Crippen molar-refractivity contribution < 1.29 is 14.7 Å². The fourth-order valence-corrected chi connectivity index (χ4v) is 3.32. The third kappa shape index (κ3) is 4.96. The molecule has 1 aliphatic carbocycles. The lowest BCUT2D eigenvalue weighted by molar-refractivity contribution is -0.137. The fourth-order valence-electron chi connectivity index (χ4n) is 2.50. The van der Waals surface area contributed by atoms with Gasteiger partial charge >= 0.3 is 12.0 Å². The number of urea groups is 1. The van der Waals surface area contributed by atoms with Gasteiger partial charge in [-0.3, -0.25) is 9.48 Å². The number of carbonyl (C=O) groups excluding carboxylic acids is 1. The molecule has 2 unspecified atom stereocenters. The van der Waals surface area contributed by atoms with Gasteiger partial charge in [-0.2, -0.15) is 16.9 Å². The van der Waals surface area contributed by atoms with E-state index in [9.17, 15) is 9.59 Å². The second-order valence-electron chi connectivity index (χ2n) is 5.14. The summed E-state index contributed by atoms with van der Waals surface area (Å²) in [5.41, 5.74) is 0.492. The Morgan fingerprint density at radius 1 is 1.52 bits per heavy atom. The van der Waals surface area contributed by atoms with Crippen LogP contribution in [0, 0.1) is 0 Å². The summed E-state index contributed by atoms with van der Waals surface area (Å²) >= 11 is 1.85. The van der Waals surface area contributed by atoms with E-state index in [1.807, 2.05) is 11.8 Å². The van der Waals surface area contributed by atoms with Crippen LogP contribution in [-0.4, -0.2) is 44.4 Å². The molecule has 2 amide bonds. The summed E-state index contributed by atoms with van der Waals surface area (Å²) in [5.74, 6) is -0.973. The average molecular weight is 312 g/mol. The highest BCUT2D eigenvalue weighted by molar-refractivity contribution is 7.99. The molecule has 3 N–H and O–H groups in total. The first kappa shape index (κ1) is 15.7. The maximum atomic E-state index is 11.9. The molecular formula is C13H20N4O3S. The van der Waals surface area contributed by atoms with Crippen molar-refractivity contribution in [3.8, 4) is 0 Å². The molecule has 8 heteroatoms. The Morgan fingerprint density at radius 2 is 2.33 bits per heavy atom. The molecule has 7 nitrogen and oxygen atoms in total. The summed E-state index contributed by atoms with van der Waals surface area (Å²) in [7, 11) is 0. The number of anilines is 1. The van der Waals surface area contributed by atoms with Gasteiger partial charge < -0.3 is 15.7 Å². The normalized spacial score (nSPS) is 21.8. The van der Waals surface area contributed by atoms with Crippen molar-refractivity contribution in [1.82, 2.24) is 15.1 Å². The minimum atomic E-state index is -0.973. The number of hydrogen-bond acceptors (Lipinski definition) is 4. The number of carboxylic acid groups (broad SMARTS) is 1. The van der Waals surface area contributed by atoms with Crippen molar-refractivity contribution in [2.24, 2.45) is 0 Å². The van der Waals surface area contributed by atoms with E-state index in [4.69, 9.17) is 5.11 Å². The average Bonchev–Trinajstić information content (AvgIpc) is 2.85. The predicted molar refractivity (Wildman–Crippen MR) is 81.6 cm³/mol. The van der Waals surface area contributed by atoms with Gasteiger partial charge in [0.2, 0.25) is 0 Å². The molecule has 116 valence electrons. The van der Waals surface area contributed by atoms with E-state index >= 15 is 0 Å². The van der Waals surface area contributed by atoms with Crippen LogP contribution in [0.3, 0.4) is 0 Å². The van der Waals surface area contributed by atoms with E-state index in [1.165, 1.54) is 23.5 Å². The van der Waals surface area contributed by atoms with E-state index < -0.39 is 5.97 Å². The van der Waals surface area contributed by atoms with Gasteiger partial charge in [0.1, 0.15) is 6.54 Å². The number of carboxylic acids is 1. The molecule has 1 aliphatic rings. The van der Waals surface area contributed by atoms with Crippen molar-refractivity contribution in [3.05, 3.63) is 12.4 Å². The molecule has 1 aromatic heterocycles. The van der Waals surface area contributed by atoms with Gasteiger partial charge in [-0.1, -0.05) is 6.42 Å². The van der Waals surface area contributed by atoms with Crippen LogP contribution in [0.1, 0.15) is 25.7 Å². The van der Waals surface area contributed by atoms with E-state index in [0.717, 1.165) is 19.3 Å². The molecule has 0 radical (unpaired) electrons. The lowest BCUT2D eigenvalue weighted by Gasteiger charge is -2.28. The molecule has 2 rings (SSSR count). The van der Waals surface area contributed by atoms with E-state index in [0.29, 0.717) is 10.9 Å². The highest BCUT2D eigenvalue weighted by Crippen LogP contribution is 2.26. The Hall–Kier alpha value is -1.70. The molecule has 0 bridgehead atoms. The van der Waals surface area contributed by atoms with Crippen molar-refractivity contribution >= 4 is 29.4 Å². The third-order valence-corrected chi connectivity index (χ3v) is 4.58. The molecule has 0 spiro atoms. The molecule has 0 aliphatic heterocycles. The van der Waals surface area contributed by atoms with Crippen LogP contribution in [-0.2, 0) is 11.3 Å². The van der Waals surface area contributed by atoms with Gasteiger partial charge in [-0.15, -0.1) is 0 Å². The first-order valence-electron chi connectivity index (χ1n) is 6.91. The van der Waals surface area contributed by atoms with E-state index in [1.54, 1.807) is 0 Å². The summed E-state index contributed by atoms with van der Waals surface area (Å²) < 4.78 is 1.27. The van der Waals surface area contributed by atoms with Crippen LogP contribution in [0.5, 0.6) is 0 Å². The van der Waals surface area contributed by atoms with Gasteiger partial charge in [-0.25, -0.2) is 4.79 Å². The first-order valence-corrected chi connectivity index (χ1v) is 8.20. The Kier molecular flexibility index (Phi) is 5.49. The van der Waals surface area contributed by atoms with Crippen LogP contribution in [0.4, 0.5) is 10.5 Å². The molecule has 1 fully saturated rings. The van der Waals surface area contributed by atoms with Crippen molar-refractivity contribution in [2.75, 3.05) is 11.6 Å². The molecule has 21 heavy (non-hydrogen) atoms. The summed E-state index contributed by atoms with van der Waals surface area (Å²) in [5, 5.41) is 18.8. The largest absolute Gasteiger partial charge is 0.480 e. The molecule has 2 atom stereocenters. The van der Waals surface area contributed by atoms with Crippen LogP contribution in [0.15, 0.2) is 12.4 Å². The van der Waals surface area contributed by atoms with E-state index in [-0.39, 0.29) is 18.6 Å². The Labute approximate surface area is 127 Å². The number of amides is 2. The van der Waals surface area contributed by atoms with Gasteiger partial charge in [-0.05, 0) is 25.5 Å². The van der Waals surface area contributed by atoms with Crippen LogP contribution in [0.25, 0.3) is 0 Å². The Morgan fingerprint density at radius 3 is 3.05 bits per heavy atom. The quantitative estimate of drug-likeness (QED) is 0.770. The van der Waals surface area contributed by atoms with Crippen molar-refractivity contribution in [2.45, 2.75) is 43.5 Å². The highest BCUT2D eigenvalue weighted by Gasteiger charge is 2.22. The Bertz CT molecular complexity index is 505.